The van der Waals surface area contributed by atoms with E-state index in [1.165, 1.54) is 6.07 Å². The van der Waals surface area contributed by atoms with Crippen LogP contribution in [-0.4, -0.2) is 14.5 Å². The van der Waals surface area contributed by atoms with Gasteiger partial charge in [0.05, 0.1) is 23.1 Å². The first-order valence-corrected chi connectivity index (χ1v) is 6.72. The SMILES string of the molecule is Nc1nc2cc(C(F)(F)F)ccc2n1Cc1csc(=O)[nH]1. The smallest absolute Gasteiger partial charge is 0.369 e. The Hall–Kier alpha value is -2.29. The van der Waals surface area contributed by atoms with E-state index in [0.29, 0.717) is 11.2 Å². The van der Waals surface area contributed by atoms with E-state index in [2.05, 4.69) is 9.97 Å². The Balaban J connectivity index is 2.07. The largest absolute Gasteiger partial charge is 0.416 e. The monoisotopic (exact) mass is 314 g/mol. The highest BCUT2D eigenvalue weighted by Crippen LogP contribution is 2.31. The number of imidazole rings is 1. The van der Waals surface area contributed by atoms with E-state index in [0.717, 1.165) is 23.5 Å². The van der Waals surface area contributed by atoms with Gasteiger partial charge in [-0.25, -0.2) is 4.98 Å². The Morgan fingerprint density at radius 1 is 1.38 bits per heavy atom. The minimum absolute atomic E-state index is 0.0939. The molecule has 0 saturated carbocycles. The molecule has 9 heteroatoms. The first kappa shape index (κ1) is 13.7. The lowest BCUT2D eigenvalue weighted by Gasteiger charge is -2.07. The molecule has 3 N–H and O–H groups in total. The maximum atomic E-state index is 12.7. The third kappa shape index (κ3) is 2.51. The molecule has 2 heterocycles. The zero-order valence-electron chi connectivity index (χ0n) is 10.4. The summed E-state index contributed by atoms with van der Waals surface area (Å²) in [4.78, 5) is 17.5. The quantitative estimate of drug-likeness (QED) is 0.763. The van der Waals surface area contributed by atoms with E-state index in [9.17, 15) is 18.0 Å². The molecule has 0 spiro atoms. The van der Waals surface area contributed by atoms with Gasteiger partial charge in [-0.2, -0.15) is 13.2 Å². The van der Waals surface area contributed by atoms with Gasteiger partial charge in [0.1, 0.15) is 0 Å². The standard InChI is InChI=1S/C12H9F3N4OS/c13-12(14,15)6-1-2-9-8(3-6)18-10(16)19(9)4-7-5-21-11(20)17-7/h1-3,5H,4H2,(H2,16,18)(H,17,20). The topological polar surface area (TPSA) is 76.7 Å². The number of H-pyrrole nitrogens is 1. The molecule has 0 aliphatic carbocycles. The van der Waals surface area contributed by atoms with Crippen LogP contribution >= 0.6 is 11.3 Å². The van der Waals surface area contributed by atoms with Gasteiger partial charge in [-0.1, -0.05) is 11.3 Å². The first-order valence-electron chi connectivity index (χ1n) is 5.84. The molecule has 0 amide bonds. The van der Waals surface area contributed by atoms with Gasteiger partial charge in [0.2, 0.25) is 5.95 Å². The molecule has 0 aliphatic rings. The van der Waals surface area contributed by atoms with Crippen LogP contribution in [0.2, 0.25) is 0 Å². The molecule has 0 atom stereocenters. The molecule has 5 nitrogen and oxygen atoms in total. The summed E-state index contributed by atoms with van der Waals surface area (Å²) in [5.74, 6) is 0.0939. The number of fused-ring (bicyclic) bond motifs is 1. The van der Waals surface area contributed by atoms with Crippen LogP contribution < -0.4 is 10.6 Å². The number of benzene rings is 1. The molecule has 1 aromatic carbocycles. The minimum atomic E-state index is -4.43. The molecule has 21 heavy (non-hydrogen) atoms. The molecule has 3 rings (SSSR count). The van der Waals surface area contributed by atoms with Gasteiger partial charge in [0, 0.05) is 11.1 Å². The van der Waals surface area contributed by atoms with Gasteiger partial charge in [-0.15, -0.1) is 0 Å². The number of nitrogen functional groups attached to an aromatic ring is 1. The van der Waals surface area contributed by atoms with Crippen LogP contribution in [0.25, 0.3) is 11.0 Å². The predicted molar refractivity (Wildman–Crippen MR) is 73.2 cm³/mol. The van der Waals surface area contributed by atoms with Crippen LogP contribution in [-0.2, 0) is 12.7 Å². The number of aromatic amines is 1. The van der Waals surface area contributed by atoms with Crippen molar-refractivity contribution in [2.24, 2.45) is 0 Å². The van der Waals surface area contributed by atoms with Crippen molar-refractivity contribution in [3.8, 4) is 0 Å². The van der Waals surface area contributed by atoms with E-state index in [-0.39, 0.29) is 22.9 Å². The van der Waals surface area contributed by atoms with Gasteiger partial charge in [0.25, 0.3) is 0 Å². The molecule has 0 radical (unpaired) electrons. The van der Waals surface area contributed by atoms with Crippen molar-refractivity contribution in [3.05, 3.63) is 44.5 Å². The number of nitrogens with two attached hydrogens (primary N) is 1. The number of anilines is 1. The summed E-state index contributed by atoms with van der Waals surface area (Å²) in [5.41, 5.74) is 6.24. The number of halogens is 3. The normalized spacial score (nSPS) is 12.1. The summed E-state index contributed by atoms with van der Waals surface area (Å²) in [7, 11) is 0. The van der Waals surface area contributed by atoms with Gasteiger partial charge < -0.3 is 15.3 Å². The number of hydrogen-bond donors (Lipinski definition) is 2. The molecule has 2 aromatic heterocycles. The van der Waals surface area contributed by atoms with Crippen molar-refractivity contribution in [2.45, 2.75) is 12.7 Å². The number of nitrogens with one attached hydrogen (secondary N) is 1. The molecule has 0 unspecified atom stereocenters. The fourth-order valence-electron chi connectivity index (χ4n) is 2.05. The Labute approximate surface area is 119 Å². The average molecular weight is 314 g/mol. The van der Waals surface area contributed by atoms with E-state index in [1.807, 2.05) is 0 Å². The number of nitrogens with zero attached hydrogens (tertiary/aromatic N) is 2. The molecule has 0 aliphatic heterocycles. The van der Waals surface area contributed by atoms with Crippen LogP contribution in [0.3, 0.4) is 0 Å². The summed E-state index contributed by atoms with van der Waals surface area (Å²) in [6.45, 7) is 0.242. The maximum absolute atomic E-state index is 12.7. The Kier molecular flexibility index (Phi) is 3.01. The molecule has 0 saturated heterocycles. The summed E-state index contributed by atoms with van der Waals surface area (Å²) in [6, 6.07) is 3.26. The third-order valence-electron chi connectivity index (χ3n) is 3.00. The average Bonchev–Trinajstić information content (AvgIpc) is 2.93. The maximum Gasteiger partial charge on any atom is 0.416 e. The van der Waals surface area contributed by atoms with Crippen molar-refractivity contribution in [1.29, 1.82) is 0 Å². The Morgan fingerprint density at radius 2 is 2.14 bits per heavy atom. The van der Waals surface area contributed by atoms with Gasteiger partial charge in [-0.3, -0.25) is 4.79 Å². The Bertz CT molecular complexity index is 861. The van der Waals surface area contributed by atoms with Crippen LogP contribution in [0.15, 0.2) is 28.4 Å². The van der Waals surface area contributed by atoms with Crippen molar-refractivity contribution < 1.29 is 13.2 Å². The highest BCUT2D eigenvalue weighted by Gasteiger charge is 2.31. The summed E-state index contributed by atoms with van der Waals surface area (Å²) >= 11 is 1.01. The van der Waals surface area contributed by atoms with E-state index >= 15 is 0 Å². The number of hydrogen-bond acceptors (Lipinski definition) is 4. The lowest BCUT2D eigenvalue weighted by Crippen LogP contribution is -2.07. The minimum Gasteiger partial charge on any atom is -0.369 e. The number of thiazole rings is 1. The summed E-state index contributed by atoms with van der Waals surface area (Å²) < 4.78 is 39.6. The van der Waals surface area contributed by atoms with Crippen molar-refractivity contribution >= 4 is 28.3 Å². The van der Waals surface area contributed by atoms with Crippen molar-refractivity contribution in [3.63, 3.8) is 0 Å². The third-order valence-corrected chi connectivity index (χ3v) is 3.72. The van der Waals surface area contributed by atoms with Crippen LogP contribution in [0.5, 0.6) is 0 Å². The second-order valence-electron chi connectivity index (χ2n) is 4.43. The zero-order valence-corrected chi connectivity index (χ0v) is 11.3. The van der Waals surface area contributed by atoms with Crippen molar-refractivity contribution in [2.75, 3.05) is 5.73 Å². The molecule has 3 aromatic rings. The Morgan fingerprint density at radius 3 is 2.76 bits per heavy atom. The summed E-state index contributed by atoms with van der Waals surface area (Å²) in [6.07, 6.45) is -4.43. The lowest BCUT2D eigenvalue weighted by molar-refractivity contribution is -0.137. The second-order valence-corrected chi connectivity index (χ2v) is 5.27. The number of rotatable bonds is 2. The van der Waals surface area contributed by atoms with E-state index in [1.54, 1.807) is 9.95 Å². The van der Waals surface area contributed by atoms with Crippen LogP contribution in [0.4, 0.5) is 19.1 Å². The van der Waals surface area contributed by atoms with Gasteiger partial charge in [0.15, 0.2) is 0 Å². The fourth-order valence-corrected chi connectivity index (χ4v) is 2.63. The van der Waals surface area contributed by atoms with Crippen LogP contribution in [0, 0.1) is 0 Å². The van der Waals surface area contributed by atoms with Gasteiger partial charge in [-0.05, 0) is 18.2 Å². The number of alkyl halides is 3. The van der Waals surface area contributed by atoms with E-state index in [4.69, 9.17) is 5.73 Å². The van der Waals surface area contributed by atoms with Crippen molar-refractivity contribution in [1.82, 2.24) is 14.5 Å². The molecular weight excluding hydrogens is 305 g/mol. The molecule has 110 valence electrons. The zero-order chi connectivity index (χ0) is 15.2. The highest BCUT2D eigenvalue weighted by molar-refractivity contribution is 7.07. The van der Waals surface area contributed by atoms with E-state index < -0.39 is 11.7 Å². The van der Waals surface area contributed by atoms with Crippen LogP contribution in [0.1, 0.15) is 11.3 Å². The molecule has 0 fully saturated rings. The second kappa shape index (κ2) is 4.62. The molecular formula is C12H9F3N4OS. The first-order chi connectivity index (χ1) is 9.84. The fraction of sp³-hybridized carbons (Fsp3) is 0.167. The summed E-state index contributed by atoms with van der Waals surface area (Å²) in [5, 5.41) is 1.64. The van der Waals surface area contributed by atoms with Gasteiger partial charge >= 0.3 is 11.0 Å². The predicted octanol–water partition coefficient (Wildman–Crippen LogP) is 2.44. The molecule has 0 bridgehead atoms. The number of aromatic nitrogens is 3. The lowest BCUT2D eigenvalue weighted by atomic mass is 10.2. The highest BCUT2D eigenvalue weighted by atomic mass is 32.1.